The third kappa shape index (κ3) is 4.22. The molecule has 2 heterocycles. The van der Waals surface area contributed by atoms with Crippen LogP contribution < -0.4 is 5.56 Å². The number of fused-ring (bicyclic) bond motifs is 17. The Balaban J connectivity index is 1.07. The fraction of sp³-hybridized carbons (Fsp3) is 0.0364. The molecule has 2 heteroatoms. The van der Waals surface area contributed by atoms with Gasteiger partial charge >= 0.3 is 0 Å². The summed E-state index contributed by atoms with van der Waals surface area (Å²) in [4.78, 5) is 14.4. The lowest BCUT2D eigenvalue weighted by Gasteiger charge is -2.34. The van der Waals surface area contributed by atoms with Crippen LogP contribution in [0.25, 0.3) is 104 Å². The summed E-state index contributed by atoms with van der Waals surface area (Å²) in [6.45, 7) is 0. The van der Waals surface area contributed by atoms with Crippen molar-refractivity contribution >= 4 is 70.3 Å². The zero-order chi connectivity index (χ0) is 37.4. The van der Waals surface area contributed by atoms with Crippen molar-refractivity contribution in [1.29, 1.82) is 0 Å². The van der Waals surface area contributed by atoms with Crippen LogP contribution in [0, 0.1) is 0 Å². The first-order valence-corrected chi connectivity index (χ1v) is 19.9. The van der Waals surface area contributed by atoms with Crippen LogP contribution in [0.15, 0.2) is 193 Å². The van der Waals surface area contributed by atoms with Crippen LogP contribution >= 0.6 is 0 Å². The van der Waals surface area contributed by atoms with Gasteiger partial charge in [0.2, 0.25) is 0 Å². The minimum absolute atomic E-state index is 0.0262. The molecule has 0 radical (unpaired) electrons. The zero-order valence-corrected chi connectivity index (χ0v) is 30.9. The number of rotatable bonds is 2. The highest BCUT2D eigenvalue weighted by atomic mass is 16.1. The van der Waals surface area contributed by atoms with Gasteiger partial charge in [-0.3, -0.25) is 9.20 Å². The Morgan fingerprint density at radius 3 is 1.56 bits per heavy atom. The largest absolute Gasteiger partial charge is 0.275 e. The molecule has 0 fully saturated rings. The molecule has 57 heavy (non-hydrogen) atoms. The first-order chi connectivity index (χ1) is 28.2. The van der Waals surface area contributed by atoms with E-state index in [9.17, 15) is 4.79 Å². The summed E-state index contributed by atoms with van der Waals surface area (Å²) in [6.07, 6.45) is 9.09. The molecule has 0 spiro atoms. The van der Waals surface area contributed by atoms with Gasteiger partial charge in [-0.2, -0.15) is 0 Å². The van der Waals surface area contributed by atoms with Crippen LogP contribution in [0.2, 0.25) is 0 Å². The van der Waals surface area contributed by atoms with Gasteiger partial charge in [0.1, 0.15) is 0 Å². The van der Waals surface area contributed by atoms with Crippen molar-refractivity contribution in [2.75, 3.05) is 0 Å². The van der Waals surface area contributed by atoms with E-state index >= 15 is 0 Å². The minimum Gasteiger partial charge on any atom is -0.275 e. The average molecular weight is 724 g/mol. The van der Waals surface area contributed by atoms with Gasteiger partial charge < -0.3 is 0 Å². The van der Waals surface area contributed by atoms with E-state index in [1.807, 2.05) is 22.6 Å². The molecular weight excluding hydrogens is 691 g/mol. The summed E-state index contributed by atoms with van der Waals surface area (Å²) in [7, 11) is 0. The van der Waals surface area contributed by atoms with E-state index in [4.69, 9.17) is 0 Å². The second-order valence-electron chi connectivity index (χ2n) is 15.9. The highest BCUT2D eigenvalue weighted by Gasteiger charge is 2.32. The number of hydrogen-bond donors (Lipinski definition) is 0. The molecule has 13 rings (SSSR count). The molecule has 2 aromatic heterocycles. The number of benzene rings is 9. The van der Waals surface area contributed by atoms with Gasteiger partial charge in [0.05, 0.1) is 11.0 Å². The first kappa shape index (κ1) is 31.0. The predicted molar refractivity (Wildman–Crippen MR) is 240 cm³/mol. The lowest BCUT2D eigenvalue weighted by molar-refractivity contribution is 0.720. The topological polar surface area (TPSA) is 21.5 Å². The minimum atomic E-state index is 0.0262. The lowest BCUT2D eigenvalue weighted by atomic mass is 9.69. The van der Waals surface area contributed by atoms with Crippen LogP contribution in [-0.2, 0) is 0 Å². The quantitative estimate of drug-likeness (QED) is 0.163. The molecule has 2 unspecified atom stereocenters. The summed E-state index contributed by atoms with van der Waals surface area (Å²) in [5.41, 5.74) is 12.0. The van der Waals surface area contributed by atoms with Crippen molar-refractivity contribution in [3.8, 4) is 33.4 Å². The molecule has 0 bridgehead atoms. The van der Waals surface area contributed by atoms with E-state index < -0.39 is 0 Å². The summed E-state index contributed by atoms with van der Waals surface area (Å²) >= 11 is 0. The maximum atomic E-state index is 14.4. The molecule has 2 aliphatic rings. The Morgan fingerprint density at radius 1 is 0.351 bits per heavy atom. The van der Waals surface area contributed by atoms with Gasteiger partial charge in [0.25, 0.3) is 5.56 Å². The summed E-state index contributed by atoms with van der Waals surface area (Å²) in [5, 5.41) is 12.6. The standard InChI is InChI=1S/C55H33NO/c57-55-47-20-10-9-19-44(47)51-30-35(34-22-25-46-41-16-4-2-12-37(41)39-14-6-8-18-43(39)49(46)28-34)31-52-50-29-33(23-26-53(50)56(55)54(51)52)32-21-24-45-40-15-3-1-11-36(40)38-13-5-7-17-42(38)48(45)27-32/h1-31,38,42H. The number of pyridine rings is 1. The Kier molecular flexibility index (Phi) is 6.18. The molecule has 0 N–H and O–H groups in total. The Bertz CT molecular complexity index is 3640. The zero-order valence-electron chi connectivity index (χ0n) is 30.9. The van der Waals surface area contributed by atoms with Gasteiger partial charge in [-0.25, -0.2) is 0 Å². The molecule has 0 saturated carbocycles. The van der Waals surface area contributed by atoms with Crippen LogP contribution in [0.1, 0.15) is 23.0 Å². The first-order valence-electron chi connectivity index (χ1n) is 19.9. The summed E-state index contributed by atoms with van der Waals surface area (Å²) in [6, 6.07) is 59.7. The van der Waals surface area contributed by atoms with E-state index in [0.29, 0.717) is 5.92 Å². The van der Waals surface area contributed by atoms with Crippen LogP contribution in [0.4, 0.5) is 0 Å². The van der Waals surface area contributed by atoms with Crippen LogP contribution in [0.5, 0.6) is 0 Å². The van der Waals surface area contributed by atoms with Crippen molar-refractivity contribution in [1.82, 2.24) is 4.40 Å². The second kappa shape index (κ2) is 11.4. The number of aromatic nitrogens is 1. The molecular formula is C55H33NO. The molecule has 2 aliphatic carbocycles. The van der Waals surface area contributed by atoms with E-state index in [2.05, 4.69) is 170 Å². The second-order valence-corrected chi connectivity index (χ2v) is 15.9. The smallest absolute Gasteiger partial charge is 0.263 e. The van der Waals surface area contributed by atoms with Crippen molar-refractivity contribution < 1.29 is 0 Å². The average Bonchev–Trinajstić information content (AvgIpc) is 3.62. The molecule has 9 aromatic carbocycles. The Labute approximate surface area is 328 Å². The van der Waals surface area contributed by atoms with E-state index in [1.165, 1.54) is 60.1 Å². The summed E-state index contributed by atoms with van der Waals surface area (Å²) < 4.78 is 1.96. The van der Waals surface area contributed by atoms with Crippen molar-refractivity contribution in [3.05, 3.63) is 210 Å². The molecule has 0 amide bonds. The summed E-state index contributed by atoms with van der Waals surface area (Å²) in [5.74, 6) is 0.616. The maximum absolute atomic E-state index is 14.4. The van der Waals surface area contributed by atoms with E-state index in [1.54, 1.807) is 0 Å². The van der Waals surface area contributed by atoms with Gasteiger partial charge in [-0.1, -0.05) is 146 Å². The normalized spacial score (nSPS) is 16.0. The molecule has 11 aromatic rings. The van der Waals surface area contributed by atoms with Crippen molar-refractivity contribution in [2.45, 2.75) is 11.8 Å². The predicted octanol–water partition coefficient (Wildman–Crippen LogP) is 14.0. The SMILES string of the molecule is O=c1c2ccccc2c2cc(-c3ccc4c5ccccc5c5ccccc5c4c3)cc3c4cc(-c5ccc6c(c5)C5C=CC=CC5c5ccccc5-6)ccc4n1c23. The molecule has 2 atom stereocenters. The van der Waals surface area contributed by atoms with Gasteiger partial charge in [0.15, 0.2) is 0 Å². The van der Waals surface area contributed by atoms with E-state index in [0.717, 1.165) is 54.7 Å². The van der Waals surface area contributed by atoms with E-state index in [-0.39, 0.29) is 11.5 Å². The lowest BCUT2D eigenvalue weighted by Crippen LogP contribution is -2.16. The van der Waals surface area contributed by atoms with Crippen molar-refractivity contribution in [2.24, 2.45) is 0 Å². The Hall–Kier alpha value is -7.29. The van der Waals surface area contributed by atoms with Gasteiger partial charge in [-0.15, -0.1) is 0 Å². The fourth-order valence-corrected chi connectivity index (χ4v) is 10.5. The number of allylic oxidation sites excluding steroid dienone is 4. The Morgan fingerprint density at radius 2 is 0.825 bits per heavy atom. The number of hydrogen-bond acceptors (Lipinski definition) is 1. The number of nitrogens with zero attached hydrogens (tertiary/aromatic N) is 1. The highest BCUT2D eigenvalue weighted by Crippen LogP contribution is 2.50. The van der Waals surface area contributed by atoms with Gasteiger partial charge in [-0.05, 0) is 125 Å². The van der Waals surface area contributed by atoms with Crippen LogP contribution in [-0.4, -0.2) is 4.40 Å². The third-order valence-electron chi connectivity index (χ3n) is 13.1. The third-order valence-corrected chi connectivity index (χ3v) is 13.1. The fourth-order valence-electron chi connectivity index (χ4n) is 10.5. The highest BCUT2D eigenvalue weighted by molar-refractivity contribution is 6.26. The molecule has 0 aliphatic heterocycles. The van der Waals surface area contributed by atoms with Gasteiger partial charge in [0, 0.05) is 33.4 Å². The maximum Gasteiger partial charge on any atom is 0.263 e. The monoisotopic (exact) mass is 723 g/mol. The molecule has 2 nitrogen and oxygen atoms in total. The van der Waals surface area contributed by atoms with Crippen molar-refractivity contribution in [3.63, 3.8) is 0 Å². The molecule has 264 valence electrons. The van der Waals surface area contributed by atoms with Crippen LogP contribution in [0.3, 0.4) is 0 Å². The molecule has 0 saturated heterocycles.